The Hall–Kier alpha value is -2.10. The first-order valence-electron chi connectivity index (χ1n) is 10.4. The summed E-state index contributed by atoms with van der Waals surface area (Å²) in [6.07, 6.45) is 6.00. The molecule has 2 aliphatic carbocycles. The molecular weight excluding hydrogens is 383 g/mol. The molecule has 152 valence electrons. The molecule has 2 saturated carbocycles. The average Bonchev–Trinajstić information content (AvgIpc) is 3.61. The van der Waals surface area contributed by atoms with Gasteiger partial charge in [0.1, 0.15) is 0 Å². The van der Waals surface area contributed by atoms with Gasteiger partial charge in [-0.05, 0) is 80.8 Å². The summed E-state index contributed by atoms with van der Waals surface area (Å²) >= 11 is 0. The van der Waals surface area contributed by atoms with E-state index in [1.807, 2.05) is 49.4 Å². The molecular formula is C23H27N2O3P. The first kappa shape index (κ1) is 18.9. The monoisotopic (exact) mass is 410 g/mol. The van der Waals surface area contributed by atoms with E-state index in [1.54, 1.807) is 0 Å². The topological polar surface area (TPSA) is 58.6 Å². The lowest BCUT2D eigenvalue weighted by atomic mass is 9.96. The van der Waals surface area contributed by atoms with Crippen molar-refractivity contribution in [2.75, 3.05) is 17.1 Å². The summed E-state index contributed by atoms with van der Waals surface area (Å²) in [4.78, 5) is 14.9. The number of hydrogen-bond acceptors (Lipinski definition) is 3. The van der Waals surface area contributed by atoms with Crippen LogP contribution in [0.4, 0.5) is 11.4 Å². The molecule has 5 nitrogen and oxygen atoms in total. The molecule has 6 heteroatoms. The number of fused-ring (bicyclic) bond motifs is 1. The number of aryl methyl sites for hydroxylation is 2. The van der Waals surface area contributed by atoms with Gasteiger partial charge in [0.25, 0.3) is 0 Å². The maximum absolute atomic E-state index is 13.4. The molecule has 0 spiro atoms. The predicted molar refractivity (Wildman–Crippen MR) is 116 cm³/mol. The van der Waals surface area contributed by atoms with Crippen molar-refractivity contribution in [3.8, 4) is 0 Å². The smallest absolute Gasteiger partial charge is 0.314 e. The number of benzene rings is 2. The molecule has 5 rings (SSSR count). The van der Waals surface area contributed by atoms with Gasteiger partial charge in [-0.1, -0.05) is 17.7 Å². The first-order valence-corrected chi connectivity index (χ1v) is 12.0. The van der Waals surface area contributed by atoms with Crippen LogP contribution in [-0.2, 0) is 20.3 Å². The second-order valence-corrected chi connectivity index (χ2v) is 10.8. The second kappa shape index (κ2) is 6.72. The quantitative estimate of drug-likeness (QED) is 0.696. The predicted octanol–water partition coefficient (Wildman–Crippen LogP) is 4.79. The van der Waals surface area contributed by atoms with Crippen LogP contribution in [-0.4, -0.2) is 18.6 Å². The van der Waals surface area contributed by atoms with Gasteiger partial charge < -0.3 is 14.5 Å². The van der Waals surface area contributed by atoms with Crippen LogP contribution in [0, 0.1) is 12.8 Å². The van der Waals surface area contributed by atoms with Crippen LogP contribution in [0.15, 0.2) is 42.5 Å². The Labute approximate surface area is 172 Å². The van der Waals surface area contributed by atoms with Crippen molar-refractivity contribution >= 4 is 30.1 Å². The number of hydrogen-bond donors (Lipinski definition) is 1. The summed E-state index contributed by atoms with van der Waals surface area (Å²) in [5.41, 5.74) is 4.14. The zero-order valence-electron chi connectivity index (χ0n) is 17.0. The zero-order valence-corrected chi connectivity index (χ0v) is 17.9. The number of anilines is 2. The van der Waals surface area contributed by atoms with Gasteiger partial charge in [-0.15, -0.1) is 0 Å². The molecule has 1 atom stereocenters. The minimum Gasteiger partial charge on any atom is -0.314 e. The lowest BCUT2D eigenvalue weighted by Crippen LogP contribution is -2.46. The summed E-state index contributed by atoms with van der Waals surface area (Å²) in [5, 5.41) is 3.78. The first-order chi connectivity index (χ1) is 13.9. The Morgan fingerprint density at radius 3 is 2.45 bits per heavy atom. The Morgan fingerprint density at radius 2 is 1.83 bits per heavy atom. The fourth-order valence-electron chi connectivity index (χ4n) is 4.74. The fraction of sp³-hybridized carbons (Fsp3) is 0.435. The van der Waals surface area contributed by atoms with E-state index < -0.39 is 7.52 Å². The SMILES string of the molecule is COP(=O)(Nc1ccc2c(c1)CCC(=O)N2C1(C2CC2)CC1)c1ccc(C)cc1. The molecule has 2 fully saturated rings. The van der Waals surface area contributed by atoms with Crippen LogP contribution in [0.3, 0.4) is 0 Å². The molecule has 0 aromatic heterocycles. The van der Waals surface area contributed by atoms with Gasteiger partial charge in [-0.3, -0.25) is 9.36 Å². The number of carbonyl (C=O) groups excluding carboxylic acids is 1. The zero-order chi connectivity index (χ0) is 20.2. The minimum atomic E-state index is -3.21. The summed E-state index contributed by atoms with van der Waals surface area (Å²) < 4.78 is 18.9. The molecule has 1 unspecified atom stereocenters. The molecule has 29 heavy (non-hydrogen) atoms. The molecule has 1 heterocycles. The second-order valence-electron chi connectivity index (χ2n) is 8.63. The Bertz CT molecular complexity index is 1010. The van der Waals surface area contributed by atoms with E-state index in [2.05, 4.69) is 9.99 Å². The van der Waals surface area contributed by atoms with Crippen molar-refractivity contribution in [2.45, 2.75) is 51.0 Å². The third-order valence-electron chi connectivity index (χ3n) is 6.63. The number of nitrogens with zero attached hydrogens (tertiary/aromatic N) is 1. The van der Waals surface area contributed by atoms with Gasteiger partial charge in [0.05, 0.1) is 10.8 Å². The normalized spacial score (nSPS) is 22.0. The standard InChI is InChI=1S/C23H27N2O3P/c1-16-3-9-20(10-4-16)29(27,28-2)24-19-8-11-21-17(15-19)5-12-22(26)25(21)23(13-14-23)18-6-7-18/h3-4,8-11,15,18H,5-7,12-14H2,1-2H3,(H,24,27). The minimum absolute atomic E-state index is 0.0743. The van der Waals surface area contributed by atoms with Crippen LogP contribution in [0.25, 0.3) is 0 Å². The highest BCUT2D eigenvalue weighted by Crippen LogP contribution is 2.59. The van der Waals surface area contributed by atoms with Gasteiger partial charge in [-0.2, -0.15) is 0 Å². The number of carbonyl (C=O) groups is 1. The molecule has 0 bridgehead atoms. The van der Waals surface area contributed by atoms with Crippen molar-refractivity contribution in [3.05, 3.63) is 53.6 Å². The number of nitrogens with one attached hydrogen (secondary N) is 1. The lowest BCUT2D eigenvalue weighted by molar-refractivity contribution is -0.119. The summed E-state index contributed by atoms with van der Waals surface area (Å²) in [5.74, 6) is 0.926. The molecule has 0 radical (unpaired) electrons. The van der Waals surface area contributed by atoms with E-state index in [4.69, 9.17) is 4.52 Å². The molecule has 2 aromatic rings. The lowest BCUT2D eigenvalue weighted by Gasteiger charge is -2.37. The Morgan fingerprint density at radius 1 is 1.10 bits per heavy atom. The van der Waals surface area contributed by atoms with E-state index in [1.165, 1.54) is 20.0 Å². The van der Waals surface area contributed by atoms with E-state index in [0.29, 0.717) is 17.6 Å². The van der Waals surface area contributed by atoms with Crippen molar-refractivity contribution in [3.63, 3.8) is 0 Å². The van der Waals surface area contributed by atoms with Crippen LogP contribution in [0.2, 0.25) is 0 Å². The van der Waals surface area contributed by atoms with Gasteiger partial charge in [0.15, 0.2) is 0 Å². The van der Waals surface area contributed by atoms with Crippen LogP contribution in [0.5, 0.6) is 0 Å². The highest BCUT2D eigenvalue weighted by molar-refractivity contribution is 7.68. The third kappa shape index (κ3) is 3.21. The maximum atomic E-state index is 13.4. The van der Waals surface area contributed by atoms with Crippen molar-refractivity contribution in [1.82, 2.24) is 0 Å². The van der Waals surface area contributed by atoms with Crippen LogP contribution in [0.1, 0.15) is 43.2 Å². The molecule has 1 aliphatic heterocycles. The van der Waals surface area contributed by atoms with Crippen molar-refractivity contribution in [2.24, 2.45) is 5.92 Å². The highest BCUT2D eigenvalue weighted by Gasteiger charge is 2.60. The van der Waals surface area contributed by atoms with Crippen LogP contribution >= 0.6 is 7.52 Å². The molecule has 0 saturated heterocycles. The fourth-order valence-corrected chi connectivity index (χ4v) is 6.19. The largest absolute Gasteiger partial charge is 0.323 e. The summed E-state index contributed by atoms with van der Waals surface area (Å²) in [6, 6.07) is 13.5. The number of amides is 1. The maximum Gasteiger partial charge on any atom is 0.323 e. The molecule has 3 aliphatic rings. The summed E-state index contributed by atoms with van der Waals surface area (Å²) in [7, 11) is -1.74. The van der Waals surface area contributed by atoms with E-state index >= 15 is 0 Å². The Kier molecular flexibility index (Phi) is 4.38. The van der Waals surface area contributed by atoms with Gasteiger partial charge in [-0.25, -0.2) is 0 Å². The average molecular weight is 410 g/mol. The van der Waals surface area contributed by atoms with Gasteiger partial charge >= 0.3 is 7.52 Å². The molecule has 1 N–H and O–H groups in total. The Balaban J connectivity index is 1.45. The van der Waals surface area contributed by atoms with E-state index in [9.17, 15) is 9.36 Å². The number of rotatable bonds is 6. The molecule has 2 aromatic carbocycles. The van der Waals surface area contributed by atoms with Crippen molar-refractivity contribution in [1.29, 1.82) is 0 Å². The van der Waals surface area contributed by atoms with E-state index in [0.717, 1.165) is 41.8 Å². The van der Waals surface area contributed by atoms with Crippen molar-refractivity contribution < 1.29 is 13.9 Å². The third-order valence-corrected chi connectivity index (χ3v) is 8.67. The van der Waals surface area contributed by atoms with E-state index in [-0.39, 0.29) is 11.4 Å². The van der Waals surface area contributed by atoms with Gasteiger partial charge in [0, 0.05) is 24.9 Å². The van der Waals surface area contributed by atoms with Crippen LogP contribution < -0.4 is 15.3 Å². The summed E-state index contributed by atoms with van der Waals surface area (Å²) in [6.45, 7) is 2.00. The van der Waals surface area contributed by atoms with Gasteiger partial charge in [0.2, 0.25) is 5.91 Å². The highest BCUT2D eigenvalue weighted by atomic mass is 31.2. The molecule has 1 amide bonds.